The zero-order chi connectivity index (χ0) is 13.2. The van der Waals surface area contributed by atoms with Crippen LogP contribution in [0.25, 0.3) is 0 Å². The fraction of sp³-hybridized carbons (Fsp3) is 0.727. The molecule has 0 aromatic carbocycles. The highest BCUT2D eigenvalue weighted by Gasteiger charge is 2.34. The van der Waals surface area contributed by atoms with Gasteiger partial charge >= 0.3 is 6.18 Å². The van der Waals surface area contributed by atoms with Gasteiger partial charge in [-0.2, -0.15) is 13.2 Å². The van der Waals surface area contributed by atoms with Gasteiger partial charge in [0, 0.05) is 18.5 Å². The molecule has 0 aliphatic heterocycles. The lowest BCUT2D eigenvalue weighted by Gasteiger charge is -2.28. The summed E-state index contributed by atoms with van der Waals surface area (Å²) in [6.45, 7) is 0. The van der Waals surface area contributed by atoms with E-state index in [9.17, 15) is 13.2 Å². The smallest absolute Gasteiger partial charge is 0.381 e. The Labute approximate surface area is 107 Å². The number of aromatic nitrogens is 1. The standard InChI is InChI=1S/C11H15F3N2OS/c1-17-8-4-2-3-7(5-8)15-10-16-9(6-18-10)11(12,13)14/h6-8H,2-5H2,1H3,(H,15,16). The Morgan fingerprint density at radius 2 is 2.22 bits per heavy atom. The lowest BCUT2D eigenvalue weighted by Crippen LogP contribution is -2.31. The van der Waals surface area contributed by atoms with Crippen LogP contribution in [-0.4, -0.2) is 24.2 Å². The summed E-state index contributed by atoms with van der Waals surface area (Å²) in [5.74, 6) is 0. The minimum absolute atomic E-state index is 0.149. The van der Waals surface area contributed by atoms with Gasteiger partial charge in [-0.05, 0) is 25.7 Å². The molecule has 1 aromatic rings. The second kappa shape index (κ2) is 5.44. The fourth-order valence-electron chi connectivity index (χ4n) is 2.13. The maximum absolute atomic E-state index is 12.4. The second-order valence-corrected chi connectivity index (χ2v) is 5.26. The number of thiazole rings is 1. The third-order valence-corrected chi connectivity index (χ3v) is 3.86. The predicted octanol–water partition coefficient (Wildman–Crippen LogP) is 3.53. The highest BCUT2D eigenvalue weighted by Crippen LogP contribution is 2.32. The van der Waals surface area contributed by atoms with E-state index in [2.05, 4.69) is 10.3 Å². The summed E-state index contributed by atoms with van der Waals surface area (Å²) in [6.07, 6.45) is -0.372. The highest BCUT2D eigenvalue weighted by atomic mass is 32.1. The number of ether oxygens (including phenoxy) is 1. The van der Waals surface area contributed by atoms with Crippen molar-refractivity contribution in [2.75, 3.05) is 12.4 Å². The molecule has 1 aromatic heterocycles. The van der Waals surface area contributed by atoms with Crippen LogP contribution in [0.5, 0.6) is 0 Å². The van der Waals surface area contributed by atoms with Gasteiger partial charge < -0.3 is 10.1 Å². The van der Waals surface area contributed by atoms with Crippen molar-refractivity contribution >= 4 is 16.5 Å². The number of alkyl halides is 3. The molecule has 0 radical (unpaired) electrons. The Balaban J connectivity index is 1.95. The summed E-state index contributed by atoms with van der Waals surface area (Å²) >= 11 is 0.996. The SMILES string of the molecule is COC1CCCC(Nc2nc(C(F)(F)F)cs2)C1. The summed E-state index contributed by atoms with van der Waals surface area (Å²) in [4.78, 5) is 3.57. The summed E-state index contributed by atoms with van der Waals surface area (Å²) in [6, 6.07) is 0.149. The number of nitrogens with zero attached hydrogens (tertiary/aromatic N) is 1. The topological polar surface area (TPSA) is 34.1 Å². The first-order chi connectivity index (χ1) is 8.49. The molecule has 102 valence electrons. The Bertz CT molecular complexity index is 394. The van der Waals surface area contributed by atoms with Crippen molar-refractivity contribution in [2.45, 2.75) is 44.0 Å². The van der Waals surface area contributed by atoms with Crippen molar-refractivity contribution in [3.63, 3.8) is 0 Å². The number of rotatable bonds is 3. The fourth-order valence-corrected chi connectivity index (χ4v) is 2.93. The van der Waals surface area contributed by atoms with Crippen LogP contribution < -0.4 is 5.32 Å². The van der Waals surface area contributed by atoms with Gasteiger partial charge in [-0.1, -0.05) is 0 Å². The average molecular weight is 280 g/mol. The maximum Gasteiger partial charge on any atom is 0.434 e. The number of halogens is 3. The molecule has 2 unspecified atom stereocenters. The molecule has 3 nitrogen and oxygen atoms in total. The van der Waals surface area contributed by atoms with Gasteiger partial charge in [0.25, 0.3) is 0 Å². The normalized spacial score (nSPS) is 25.1. The lowest BCUT2D eigenvalue weighted by molar-refractivity contribution is -0.140. The third-order valence-electron chi connectivity index (χ3n) is 3.08. The van der Waals surface area contributed by atoms with E-state index in [1.807, 2.05) is 0 Å². The van der Waals surface area contributed by atoms with Gasteiger partial charge in [0.05, 0.1) is 6.10 Å². The van der Waals surface area contributed by atoms with Crippen LogP contribution in [0.1, 0.15) is 31.4 Å². The van der Waals surface area contributed by atoms with Crippen LogP contribution in [0.2, 0.25) is 0 Å². The first-order valence-corrected chi connectivity index (χ1v) is 6.69. The minimum atomic E-state index is -4.36. The monoisotopic (exact) mass is 280 g/mol. The van der Waals surface area contributed by atoms with Crippen molar-refractivity contribution < 1.29 is 17.9 Å². The number of anilines is 1. The first kappa shape index (κ1) is 13.6. The number of nitrogens with one attached hydrogen (secondary N) is 1. The van der Waals surface area contributed by atoms with Gasteiger partial charge in [-0.25, -0.2) is 4.98 Å². The van der Waals surface area contributed by atoms with E-state index in [0.717, 1.165) is 42.4 Å². The van der Waals surface area contributed by atoms with Crippen LogP contribution in [0.3, 0.4) is 0 Å². The summed E-state index contributed by atoms with van der Waals surface area (Å²) in [5, 5.41) is 4.44. The van der Waals surface area contributed by atoms with Gasteiger partial charge in [0.15, 0.2) is 10.8 Å². The lowest BCUT2D eigenvalue weighted by atomic mass is 9.93. The van der Waals surface area contributed by atoms with Crippen molar-refractivity contribution in [3.05, 3.63) is 11.1 Å². The van der Waals surface area contributed by atoms with Crippen LogP contribution in [0.4, 0.5) is 18.3 Å². The molecule has 2 atom stereocenters. The van der Waals surface area contributed by atoms with E-state index in [4.69, 9.17) is 4.74 Å². The van der Waals surface area contributed by atoms with Gasteiger partial charge in [0.2, 0.25) is 0 Å². The van der Waals surface area contributed by atoms with Gasteiger partial charge in [0.1, 0.15) is 0 Å². The first-order valence-electron chi connectivity index (χ1n) is 5.81. The van der Waals surface area contributed by atoms with E-state index >= 15 is 0 Å². The molecule has 18 heavy (non-hydrogen) atoms. The van der Waals surface area contributed by atoms with E-state index in [-0.39, 0.29) is 12.1 Å². The zero-order valence-corrected chi connectivity index (χ0v) is 10.8. The molecule has 1 saturated carbocycles. The van der Waals surface area contributed by atoms with E-state index in [1.165, 1.54) is 0 Å². The van der Waals surface area contributed by atoms with Gasteiger partial charge in [-0.15, -0.1) is 11.3 Å². The quantitative estimate of drug-likeness (QED) is 0.919. The molecule has 7 heteroatoms. The maximum atomic E-state index is 12.4. The van der Waals surface area contributed by atoms with Crippen molar-refractivity contribution in [3.8, 4) is 0 Å². The molecule has 1 aliphatic rings. The number of hydrogen-bond acceptors (Lipinski definition) is 4. The van der Waals surface area contributed by atoms with Crippen LogP contribution >= 0.6 is 11.3 Å². The average Bonchev–Trinajstić information content (AvgIpc) is 2.77. The number of methoxy groups -OCH3 is 1. The zero-order valence-electron chi connectivity index (χ0n) is 9.96. The third kappa shape index (κ3) is 3.35. The van der Waals surface area contributed by atoms with E-state index < -0.39 is 11.9 Å². The minimum Gasteiger partial charge on any atom is -0.381 e. The molecular weight excluding hydrogens is 265 g/mol. The summed E-state index contributed by atoms with van der Waals surface area (Å²) < 4.78 is 42.5. The Morgan fingerprint density at radius 1 is 1.44 bits per heavy atom. The van der Waals surface area contributed by atoms with E-state index in [1.54, 1.807) is 7.11 Å². The molecular formula is C11H15F3N2OS. The molecule has 0 bridgehead atoms. The molecule has 1 N–H and O–H groups in total. The van der Waals surface area contributed by atoms with Crippen LogP contribution in [0.15, 0.2) is 5.38 Å². The predicted molar refractivity (Wildman–Crippen MR) is 63.8 cm³/mol. The molecule has 2 rings (SSSR count). The highest BCUT2D eigenvalue weighted by molar-refractivity contribution is 7.13. The number of hydrogen-bond donors (Lipinski definition) is 1. The van der Waals surface area contributed by atoms with E-state index in [0.29, 0.717) is 5.13 Å². The molecule has 0 spiro atoms. The summed E-state index contributed by atoms with van der Waals surface area (Å²) in [7, 11) is 1.66. The van der Waals surface area contributed by atoms with Crippen LogP contribution in [-0.2, 0) is 10.9 Å². The second-order valence-electron chi connectivity index (χ2n) is 4.40. The Kier molecular flexibility index (Phi) is 4.11. The van der Waals surface area contributed by atoms with Crippen molar-refractivity contribution in [2.24, 2.45) is 0 Å². The molecule has 1 aliphatic carbocycles. The van der Waals surface area contributed by atoms with Crippen LogP contribution in [0, 0.1) is 0 Å². The molecule has 1 heterocycles. The van der Waals surface area contributed by atoms with Crippen molar-refractivity contribution in [1.29, 1.82) is 0 Å². The largest absolute Gasteiger partial charge is 0.434 e. The summed E-state index contributed by atoms with van der Waals surface area (Å²) in [5.41, 5.74) is -0.825. The molecule has 0 amide bonds. The van der Waals surface area contributed by atoms with Crippen molar-refractivity contribution in [1.82, 2.24) is 4.98 Å². The Hall–Kier alpha value is -0.820. The Morgan fingerprint density at radius 3 is 2.83 bits per heavy atom. The van der Waals surface area contributed by atoms with Gasteiger partial charge in [-0.3, -0.25) is 0 Å². The molecule has 0 saturated heterocycles. The molecule has 1 fully saturated rings.